The monoisotopic (exact) mass is 156 g/mol. The highest BCUT2D eigenvalue weighted by molar-refractivity contribution is 5.36. The summed E-state index contributed by atoms with van der Waals surface area (Å²) in [6.07, 6.45) is 3.72. The lowest BCUT2D eigenvalue weighted by Gasteiger charge is -1.79. The molecule has 0 fully saturated rings. The predicted molar refractivity (Wildman–Crippen MR) is 47.6 cm³/mol. The Labute approximate surface area is 70.6 Å². The van der Waals surface area contributed by atoms with E-state index in [9.17, 15) is 0 Å². The smallest absolute Gasteiger partial charge is 0.0897 e. The molecule has 0 radical (unpaired) electrons. The maximum absolute atomic E-state index is 3.01. The van der Waals surface area contributed by atoms with E-state index in [4.69, 9.17) is 0 Å². The van der Waals surface area contributed by atoms with Gasteiger partial charge in [0.05, 0.1) is 11.4 Å². The van der Waals surface area contributed by atoms with E-state index in [0.717, 1.165) is 11.4 Å². The molecular weight excluding hydrogens is 148 g/mol. The van der Waals surface area contributed by atoms with Crippen LogP contribution in [0.1, 0.15) is 11.4 Å². The van der Waals surface area contributed by atoms with Crippen LogP contribution in [0.15, 0.2) is 36.7 Å². The van der Waals surface area contributed by atoms with E-state index in [2.05, 4.69) is 21.8 Å². The van der Waals surface area contributed by atoms with Crippen LogP contribution in [0.25, 0.3) is 0 Å². The number of hydrogen-bond acceptors (Lipinski definition) is 0. The maximum atomic E-state index is 3.01. The van der Waals surface area contributed by atoms with Gasteiger partial charge in [-0.15, -0.1) is 0 Å². The maximum Gasteiger partial charge on any atom is 0.0897 e. The SMILES string of the molecule is C(#Cc1ccc[nH]1)c1ccc[nH]1. The Kier molecular flexibility index (Phi) is 1.71. The second-order valence-electron chi connectivity index (χ2n) is 2.42. The third-order valence-corrected chi connectivity index (χ3v) is 1.53. The van der Waals surface area contributed by atoms with Crippen molar-refractivity contribution in [2.45, 2.75) is 0 Å². The van der Waals surface area contributed by atoms with Crippen LogP contribution in [-0.4, -0.2) is 9.97 Å². The summed E-state index contributed by atoms with van der Waals surface area (Å²) < 4.78 is 0. The van der Waals surface area contributed by atoms with Gasteiger partial charge in [-0.1, -0.05) is 0 Å². The second-order valence-corrected chi connectivity index (χ2v) is 2.42. The molecule has 0 spiro atoms. The van der Waals surface area contributed by atoms with Crippen LogP contribution in [-0.2, 0) is 0 Å². The summed E-state index contributed by atoms with van der Waals surface area (Å²) in [5.74, 6) is 5.98. The van der Waals surface area contributed by atoms with Crippen LogP contribution in [0, 0.1) is 11.8 Å². The van der Waals surface area contributed by atoms with Gasteiger partial charge < -0.3 is 9.97 Å². The third-order valence-electron chi connectivity index (χ3n) is 1.53. The highest BCUT2D eigenvalue weighted by Crippen LogP contribution is 1.93. The molecule has 0 aromatic carbocycles. The summed E-state index contributed by atoms with van der Waals surface area (Å²) in [6.45, 7) is 0. The molecule has 2 rings (SSSR count). The van der Waals surface area contributed by atoms with Crippen LogP contribution in [0.2, 0.25) is 0 Å². The van der Waals surface area contributed by atoms with E-state index in [1.54, 1.807) is 0 Å². The first-order valence-corrected chi connectivity index (χ1v) is 3.74. The fourth-order valence-corrected chi connectivity index (χ4v) is 0.951. The molecule has 0 aliphatic rings. The molecule has 2 heterocycles. The average Bonchev–Trinajstić information content (AvgIpc) is 2.74. The van der Waals surface area contributed by atoms with Crippen molar-refractivity contribution in [1.82, 2.24) is 9.97 Å². The predicted octanol–water partition coefficient (Wildman–Crippen LogP) is 1.74. The molecule has 0 aliphatic carbocycles. The minimum Gasteiger partial charge on any atom is -0.355 e. The molecular formula is C10H8N2. The quantitative estimate of drug-likeness (QED) is 0.544. The number of H-pyrrole nitrogens is 2. The van der Waals surface area contributed by atoms with Gasteiger partial charge in [-0.05, 0) is 36.1 Å². The number of aromatic nitrogens is 2. The van der Waals surface area contributed by atoms with Crippen LogP contribution in [0.3, 0.4) is 0 Å². The number of aromatic amines is 2. The Morgan fingerprint density at radius 1 is 0.833 bits per heavy atom. The lowest BCUT2D eigenvalue weighted by molar-refractivity contribution is 1.35. The van der Waals surface area contributed by atoms with Gasteiger partial charge in [0.2, 0.25) is 0 Å². The van der Waals surface area contributed by atoms with Crippen molar-refractivity contribution in [2.24, 2.45) is 0 Å². The van der Waals surface area contributed by atoms with Crippen LogP contribution >= 0.6 is 0 Å². The lowest BCUT2D eigenvalue weighted by Crippen LogP contribution is -1.73. The molecule has 0 atom stereocenters. The molecule has 2 N–H and O–H groups in total. The summed E-state index contributed by atoms with van der Waals surface area (Å²) in [5, 5.41) is 0. The first kappa shape index (κ1) is 6.81. The standard InChI is InChI=1S/C10H8N2/c1-3-9(11-7-1)5-6-10-4-2-8-12-10/h1-4,7-8,11-12H. The van der Waals surface area contributed by atoms with Crippen molar-refractivity contribution in [3.8, 4) is 11.8 Å². The van der Waals surface area contributed by atoms with Crippen LogP contribution in [0.4, 0.5) is 0 Å². The van der Waals surface area contributed by atoms with Gasteiger partial charge in [0, 0.05) is 12.4 Å². The fourth-order valence-electron chi connectivity index (χ4n) is 0.951. The summed E-state index contributed by atoms with van der Waals surface area (Å²) in [4.78, 5) is 6.02. The highest BCUT2D eigenvalue weighted by atomic mass is 14.7. The van der Waals surface area contributed by atoms with Gasteiger partial charge >= 0.3 is 0 Å². The molecule has 0 amide bonds. The van der Waals surface area contributed by atoms with Gasteiger partial charge in [-0.3, -0.25) is 0 Å². The lowest BCUT2D eigenvalue weighted by atomic mass is 10.4. The van der Waals surface area contributed by atoms with Gasteiger partial charge in [0.15, 0.2) is 0 Å². The number of rotatable bonds is 0. The zero-order valence-electron chi connectivity index (χ0n) is 6.46. The molecule has 2 aromatic rings. The Morgan fingerprint density at radius 2 is 1.33 bits per heavy atom. The zero-order chi connectivity index (χ0) is 8.23. The zero-order valence-corrected chi connectivity index (χ0v) is 6.46. The Morgan fingerprint density at radius 3 is 1.67 bits per heavy atom. The van der Waals surface area contributed by atoms with Crippen molar-refractivity contribution < 1.29 is 0 Å². The van der Waals surface area contributed by atoms with Gasteiger partial charge in [0.1, 0.15) is 0 Å². The third kappa shape index (κ3) is 1.40. The number of hydrogen-bond donors (Lipinski definition) is 2. The minimum absolute atomic E-state index is 0.935. The first-order chi connectivity index (χ1) is 5.95. The van der Waals surface area contributed by atoms with E-state index in [1.165, 1.54) is 0 Å². The molecule has 58 valence electrons. The van der Waals surface area contributed by atoms with Gasteiger partial charge in [0.25, 0.3) is 0 Å². The molecule has 2 nitrogen and oxygen atoms in total. The van der Waals surface area contributed by atoms with E-state index < -0.39 is 0 Å². The van der Waals surface area contributed by atoms with E-state index in [-0.39, 0.29) is 0 Å². The molecule has 12 heavy (non-hydrogen) atoms. The average molecular weight is 156 g/mol. The Bertz CT molecular complexity index is 346. The largest absolute Gasteiger partial charge is 0.355 e. The molecule has 0 unspecified atom stereocenters. The minimum atomic E-state index is 0.935. The Balaban J connectivity index is 2.22. The summed E-state index contributed by atoms with van der Waals surface area (Å²) in [5.41, 5.74) is 1.87. The summed E-state index contributed by atoms with van der Waals surface area (Å²) in [7, 11) is 0. The normalized spacial score (nSPS) is 9.00. The van der Waals surface area contributed by atoms with Gasteiger partial charge in [-0.25, -0.2) is 0 Å². The molecule has 2 aromatic heterocycles. The van der Waals surface area contributed by atoms with Crippen molar-refractivity contribution in [2.75, 3.05) is 0 Å². The topological polar surface area (TPSA) is 31.6 Å². The van der Waals surface area contributed by atoms with Crippen molar-refractivity contribution in [3.05, 3.63) is 48.0 Å². The van der Waals surface area contributed by atoms with Crippen LogP contribution in [0.5, 0.6) is 0 Å². The van der Waals surface area contributed by atoms with Crippen molar-refractivity contribution >= 4 is 0 Å². The second kappa shape index (κ2) is 3.02. The fraction of sp³-hybridized carbons (Fsp3) is 0. The van der Waals surface area contributed by atoms with E-state index >= 15 is 0 Å². The van der Waals surface area contributed by atoms with E-state index in [1.807, 2.05) is 36.7 Å². The summed E-state index contributed by atoms with van der Waals surface area (Å²) in [6, 6.07) is 7.74. The molecule has 0 saturated heterocycles. The molecule has 0 aliphatic heterocycles. The summed E-state index contributed by atoms with van der Waals surface area (Å²) >= 11 is 0. The molecule has 0 bridgehead atoms. The Hall–Kier alpha value is -1.88. The molecule has 2 heteroatoms. The molecule has 0 saturated carbocycles. The van der Waals surface area contributed by atoms with Crippen molar-refractivity contribution in [3.63, 3.8) is 0 Å². The van der Waals surface area contributed by atoms with Crippen molar-refractivity contribution in [1.29, 1.82) is 0 Å². The van der Waals surface area contributed by atoms with Gasteiger partial charge in [-0.2, -0.15) is 0 Å². The number of nitrogens with one attached hydrogen (secondary N) is 2. The van der Waals surface area contributed by atoms with Crippen LogP contribution < -0.4 is 0 Å². The van der Waals surface area contributed by atoms with E-state index in [0.29, 0.717) is 0 Å². The highest BCUT2D eigenvalue weighted by Gasteiger charge is 1.84. The first-order valence-electron chi connectivity index (χ1n) is 3.74.